The molecule has 1 heterocycles. The van der Waals surface area contributed by atoms with Gasteiger partial charge >= 0.3 is 0 Å². The average Bonchev–Trinajstić information content (AvgIpc) is 2.65. The summed E-state index contributed by atoms with van der Waals surface area (Å²) in [7, 11) is 1.85. The Hall–Kier alpha value is -0.820. The molecule has 26 heavy (non-hydrogen) atoms. The number of aliphatic imine (C=N–C) groups is 1. The Labute approximate surface area is 177 Å². The fourth-order valence-electron chi connectivity index (χ4n) is 3.32. The maximum absolute atomic E-state index is 4.31. The summed E-state index contributed by atoms with van der Waals surface area (Å²) in [5.74, 6) is 1.86. The lowest BCUT2D eigenvalue weighted by Gasteiger charge is -2.30. The predicted octanol–water partition coefficient (Wildman–Crippen LogP) is 3.91. The zero-order valence-electron chi connectivity index (χ0n) is 16.5. The van der Waals surface area contributed by atoms with Crippen LogP contribution in [0.4, 0.5) is 0 Å². The highest BCUT2D eigenvalue weighted by molar-refractivity contribution is 14.0. The van der Waals surface area contributed by atoms with E-state index in [2.05, 4.69) is 57.8 Å². The number of likely N-dealkylation sites (tertiary alicyclic amines) is 1. The number of unbranched alkanes of at least 4 members (excludes halogenated alkanes) is 1. The number of nitrogens with one attached hydrogen (secondary N) is 2. The Bertz CT molecular complexity index is 484. The number of hydrogen-bond acceptors (Lipinski definition) is 2. The van der Waals surface area contributed by atoms with Crippen LogP contribution in [-0.4, -0.2) is 50.6 Å². The number of guanidine groups is 1. The van der Waals surface area contributed by atoms with Crippen molar-refractivity contribution in [2.45, 2.75) is 45.4 Å². The first-order valence-electron chi connectivity index (χ1n) is 9.98. The van der Waals surface area contributed by atoms with Gasteiger partial charge in [0.1, 0.15) is 0 Å². The molecular weight excluding hydrogens is 435 g/mol. The standard InChI is InChI=1S/C21H36N4.HI/c1-19-12-17-25(18-13-19)16-7-6-14-23-21(22-2)24-15-8-11-20-9-4-3-5-10-20;/h3-5,9-10,19H,6-8,11-18H2,1-2H3,(H2,22,23,24);1H. The number of benzene rings is 1. The van der Waals surface area contributed by atoms with Gasteiger partial charge in [-0.3, -0.25) is 4.99 Å². The van der Waals surface area contributed by atoms with Gasteiger partial charge in [0.2, 0.25) is 0 Å². The third-order valence-electron chi connectivity index (χ3n) is 5.07. The van der Waals surface area contributed by atoms with Gasteiger partial charge in [-0.15, -0.1) is 24.0 Å². The van der Waals surface area contributed by atoms with Crippen molar-refractivity contribution in [2.75, 3.05) is 39.8 Å². The van der Waals surface area contributed by atoms with Crippen molar-refractivity contribution in [1.82, 2.24) is 15.5 Å². The Morgan fingerprint density at radius 2 is 1.69 bits per heavy atom. The summed E-state index contributed by atoms with van der Waals surface area (Å²) in [5.41, 5.74) is 1.40. The van der Waals surface area contributed by atoms with Crippen molar-refractivity contribution in [3.8, 4) is 0 Å². The van der Waals surface area contributed by atoms with Crippen molar-refractivity contribution in [1.29, 1.82) is 0 Å². The van der Waals surface area contributed by atoms with Gasteiger partial charge in [-0.1, -0.05) is 37.3 Å². The minimum Gasteiger partial charge on any atom is -0.356 e. The Morgan fingerprint density at radius 1 is 1.04 bits per heavy atom. The van der Waals surface area contributed by atoms with E-state index < -0.39 is 0 Å². The smallest absolute Gasteiger partial charge is 0.190 e. The van der Waals surface area contributed by atoms with Gasteiger partial charge in [-0.25, -0.2) is 0 Å². The lowest BCUT2D eigenvalue weighted by molar-refractivity contribution is 0.189. The number of rotatable bonds is 9. The highest BCUT2D eigenvalue weighted by atomic mass is 127. The van der Waals surface area contributed by atoms with Crippen LogP contribution in [-0.2, 0) is 6.42 Å². The van der Waals surface area contributed by atoms with Gasteiger partial charge in [-0.2, -0.15) is 0 Å². The minimum absolute atomic E-state index is 0. The molecule has 2 N–H and O–H groups in total. The Morgan fingerprint density at radius 3 is 2.35 bits per heavy atom. The molecule has 0 aromatic heterocycles. The van der Waals surface area contributed by atoms with E-state index in [9.17, 15) is 0 Å². The van der Waals surface area contributed by atoms with E-state index in [0.29, 0.717) is 0 Å². The first kappa shape index (κ1) is 23.2. The van der Waals surface area contributed by atoms with Crippen LogP contribution < -0.4 is 10.6 Å². The number of nitrogens with zero attached hydrogens (tertiary/aromatic N) is 2. The maximum Gasteiger partial charge on any atom is 0.190 e. The first-order chi connectivity index (χ1) is 12.3. The first-order valence-corrected chi connectivity index (χ1v) is 9.98. The summed E-state index contributed by atoms with van der Waals surface area (Å²) < 4.78 is 0. The highest BCUT2D eigenvalue weighted by Crippen LogP contribution is 2.15. The number of piperidine rings is 1. The Balaban J connectivity index is 0.00000338. The van der Waals surface area contributed by atoms with Crippen LogP contribution in [0.15, 0.2) is 35.3 Å². The number of hydrogen-bond donors (Lipinski definition) is 2. The summed E-state index contributed by atoms with van der Waals surface area (Å²) in [6.07, 6.45) is 7.45. The van der Waals surface area contributed by atoms with E-state index in [0.717, 1.165) is 37.8 Å². The van der Waals surface area contributed by atoms with Crippen LogP contribution in [0.2, 0.25) is 0 Å². The molecule has 0 atom stereocenters. The quantitative estimate of drug-likeness (QED) is 0.248. The average molecular weight is 472 g/mol. The molecule has 148 valence electrons. The lowest BCUT2D eigenvalue weighted by atomic mass is 9.99. The van der Waals surface area contributed by atoms with Gasteiger partial charge < -0.3 is 15.5 Å². The number of halogens is 1. The molecule has 0 saturated carbocycles. The molecule has 1 aliphatic heterocycles. The summed E-state index contributed by atoms with van der Waals surface area (Å²) in [4.78, 5) is 6.93. The predicted molar refractivity (Wildman–Crippen MR) is 124 cm³/mol. The van der Waals surface area contributed by atoms with Gasteiger partial charge in [-0.05, 0) is 69.6 Å². The summed E-state index contributed by atoms with van der Waals surface area (Å²) >= 11 is 0. The van der Waals surface area contributed by atoms with E-state index in [4.69, 9.17) is 0 Å². The van der Waals surface area contributed by atoms with Crippen molar-refractivity contribution < 1.29 is 0 Å². The van der Waals surface area contributed by atoms with E-state index in [1.165, 1.54) is 50.9 Å². The molecule has 0 aliphatic carbocycles. The molecule has 0 bridgehead atoms. The molecular formula is C21H37IN4. The van der Waals surface area contributed by atoms with Gasteiger partial charge in [0.25, 0.3) is 0 Å². The fraction of sp³-hybridized carbons (Fsp3) is 0.667. The second kappa shape index (κ2) is 14.3. The molecule has 1 saturated heterocycles. The largest absolute Gasteiger partial charge is 0.356 e. The fourth-order valence-corrected chi connectivity index (χ4v) is 3.32. The SMILES string of the molecule is CN=C(NCCCCN1CCC(C)CC1)NCCCc1ccccc1.I. The van der Waals surface area contributed by atoms with Crippen molar-refractivity contribution in [3.63, 3.8) is 0 Å². The van der Waals surface area contributed by atoms with Crippen LogP contribution in [0.5, 0.6) is 0 Å². The second-order valence-electron chi connectivity index (χ2n) is 7.25. The highest BCUT2D eigenvalue weighted by Gasteiger charge is 2.14. The van der Waals surface area contributed by atoms with Crippen LogP contribution >= 0.6 is 24.0 Å². The molecule has 2 rings (SSSR count). The molecule has 1 aromatic carbocycles. The number of aryl methyl sites for hydroxylation is 1. The van der Waals surface area contributed by atoms with Gasteiger partial charge in [0.15, 0.2) is 5.96 Å². The van der Waals surface area contributed by atoms with E-state index >= 15 is 0 Å². The van der Waals surface area contributed by atoms with Crippen molar-refractivity contribution in [3.05, 3.63) is 35.9 Å². The Kier molecular flexibility index (Phi) is 12.7. The normalized spacial score (nSPS) is 16.2. The summed E-state index contributed by atoms with van der Waals surface area (Å²) in [5, 5.41) is 6.85. The van der Waals surface area contributed by atoms with Crippen molar-refractivity contribution >= 4 is 29.9 Å². The molecule has 0 radical (unpaired) electrons. The molecule has 1 fully saturated rings. The molecule has 0 amide bonds. The van der Waals surface area contributed by atoms with Crippen LogP contribution in [0.25, 0.3) is 0 Å². The van der Waals surface area contributed by atoms with Gasteiger partial charge in [0, 0.05) is 20.1 Å². The van der Waals surface area contributed by atoms with Crippen LogP contribution in [0.1, 0.15) is 44.6 Å². The van der Waals surface area contributed by atoms with Crippen molar-refractivity contribution in [2.24, 2.45) is 10.9 Å². The molecule has 5 heteroatoms. The lowest BCUT2D eigenvalue weighted by Crippen LogP contribution is -2.38. The molecule has 1 aromatic rings. The topological polar surface area (TPSA) is 39.7 Å². The third kappa shape index (κ3) is 9.76. The minimum atomic E-state index is 0. The monoisotopic (exact) mass is 472 g/mol. The van der Waals surface area contributed by atoms with E-state index in [-0.39, 0.29) is 24.0 Å². The summed E-state index contributed by atoms with van der Waals surface area (Å²) in [6.45, 7) is 8.17. The van der Waals surface area contributed by atoms with E-state index in [1.54, 1.807) is 0 Å². The van der Waals surface area contributed by atoms with E-state index in [1.807, 2.05) is 7.05 Å². The third-order valence-corrected chi connectivity index (χ3v) is 5.07. The molecule has 0 unspecified atom stereocenters. The zero-order valence-corrected chi connectivity index (χ0v) is 18.9. The van der Waals surface area contributed by atoms with Crippen LogP contribution in [0.3, 0.4) is 0 Å². The van der Waals surface area contributed by atoms with Gasteiger partial charge in [0.05, 0.1) is 0 Å². The molecule has 0 spiro atoms. The summed E-state index contributed by atoms with van der Waals surface area (Å²) in [6, 6.07) is 10.7. The van der Waals surface area contributed by atoms with Crippen LogP contribution in [0, 0.1) is 5.92 Å². The second-order valence-corrected chi connectivity index (χ2v) is 7.25. The zero-order chi connectivity index (χ0) is 17.7. The molecule has 4 nitrogen and oxygen atoms in total. The molecule has 1 aliphatic rings. The maximum atomic E-state index is 4.31.